The average Bonchev–Trinajstić information content (AvgIpc) is 3.30. The van der Waals surface area contributed by atoms with Crippen LogP contribution < -0.4 is 10.6 Å². The SMILES string of the molecule is Cc1cc(C)c(NC(=O)C(=O)NCC(O)(c2ccco2)C2CC2)c(C)c1. The predicted octanol–water partition coefficient (Wildman–Crippen LogP) is 2.56. The van der Waals surface area contributed by atoms with Gasteiger partial charge in [0.15, 0.2) is 0 Å². The minimum Gasteiger partial charge on any atom is -0.466 e. The third-order valence-electron chi connectivity index (χ3n) is 4.84. The molecule has 0 radical (unpaired) electrons. The fourth-order valence-electron chi connectivity index (χ4n) is 3.36. The molecule has 1 fully saturated rings. The lowest BCUT2D eigenvalue weighted by atomic mass is 9.94. The van der Waals surface area contributed by atoms with E-state index >= 15 is 0 Å². The third-order valence-corrected chi connectivity index (χ3v) is 4.84. The Kier molecular flexibility index (Phi) is 4.87. The first-order chi connectivity index (χ1) is 12.3. The van der Waals surface area contributed by atoms with Crippen molar-refractivity contribution in [3.63, 3.8) is 0 Å². The molecule has 138 valence electrons. The first-order valence-electron chi connectivity index (χ1n) is 8.74. The van der Waals surface area contributed by atoms with E-state index in [0.29, 0.717) is 11.4 Å². The number of aliphatic hydroxyl groups is 1. The topological polar surface area (TPSA) is 91.6 Å². The Labute approximate surface area is 152 Å². The van der Waals surface area contributed by atoms with Crippen molar-refractivity contribution in [3.05, 3.63) is 53.0 Å². The molecule has 0 bridgehead atoms. The highest BCUT2D eigenvalue weighted by molar-refractivity contribution is 6.39. The second-order valence-electron chi connectivity index (χ2n) is 7.09. The minimum atomic E-state index is -1.28. The monoisotopic (exact) mass is 356 g/mol. The summed E-state index contributed by atoms with van der Waals surface area (Å²) in [7, 11) is 0. The molecule has 1 aliphatic rings. The summed E-state index contributed by atoms with van der Waals surface area (Å²) in [6, 6.07) is 7.27. The van der Waals surface area contributed by atoms with Crippen LogP contribution in [-0.2, 0) is 15.2 Å². The van der Waals surface area contributed by atoms with E-state index in [0.717, 1.165) is 29.5 Å². The van der Waals surface area contributed by atoms with E-state index < -0.39 is 17.4 Å². The largest absolute Gasteiger partial charge is 0.466 e. The van der Waals surface area contributed by atoms with Crippen molar-refractivity contribution < 1.29 is 19.1 Å². The summed E-state index contributed by atoms with van der Waals surface area (Å²) in [6.07, 6.45) is 3.21. The van der Waals surface area contributed by atoms with Crippen molar-refractivity contribution in [1.29, 1.82) is 0 Å². The molecule has 0 saturated heterocycles. The van der Waals surface area contributed by atoms with Gasteiger partial charge in [-0.1, -0.05) is 17.7 Å². The lowest BCUT2D eigenvalue weighted by Crippen LogP contribution is -2.45. The Hall–Kier alpha value is -2.60. The number of hydrogen-bond acceptors (Lipinski definition) is 4. The lowest BCUT2D eigenvalue weighted by Gasteiger charge is -2.26. The standard InChI is InChI=1S/C20H24N2O4/c1-12-9-13(2)17(14(3)10-12)22-19(24)18(23)21-11-20(25,15-6-7-15)16-5-4-8-26-16/h4-5,8-10,15,25H,6-7,11H2,1-3H3,(H,21,23)(H,22,24). The van der Waals surface area contributed by atoms with Crippen LogP contribution in [-0.4, -0.2) is 23.5 Å². The summed E-state index contributed by atoms with van der Waals surface area (Å²) in [6.45, 7) is 5.68. The van der Waals surface area contributed by atoms with Gasteiger partial charge in [0, 0.05) is 5.69 Å². The minimum absolute atomic E-state index is 0.0265. The summed E-state index contributed by atoms with van der Waals surface area (Å²) < 4.78 is 5.33. The van der Waals surface area contributed by atoms with Gasteiger partial charge < -0.3 is 20.2 Å². The van der Waals surface area contributed by atoms with E-state index in [1.165, 1.54) is 6.26 Å². The molecule has 2 aromatic rings. The number of amides is 2. The maximum atomic E-state index is 12.3. The number of carbonyl (C=O) groups excluding carboxylic acids is 2. The highest BCUT2D eigenvalue weighted by atomic mass is 16.4. The normalized spacial score (nSPS) is 16.0. The van der Waals surface area contributed by atoms with Crippen molar-refractivity contribution in [2.45, 2.75) is 39.2 Å². The summed E-state index contributed by atoms with van der Waals surface area (Å²) in [5, 5.41) is 16.1. The molecule has 1 aliphatic carbocycles. The Morgan fingerprint density at radius 1 is 1.19 bits per heavy atom. The molecule has 0 spiro atoms. The van der Waals surface area contributed by atoms with Gasteiger partial charge in [-0.05, 0) is 62.8 Å². The predicted molar refractivity (Wildman–Crippen MR) is 97.6 cm³/mol. The van der Waals surface area contributed by atoms with Crippen LogP contribution in [0, 0.1) is 26.7 Å². The van der Waals surface area contributed by atoms with Crippen molar-refractivity contribution in [3.8, 4) is 0 Å². The van der Waals surface area contributed by atoms with Gasteiger partial charge in [0.2, 0.25) is 0 Å². The summed E-state index contributed by atoms with van der Waals surface area (Å²) in [5.74, 6) is -1.10. The quantitative estimate of drug-likeness (QED) is 0.718. The van der Waals surface area contributed by atoms with Gasteiger partial charge in [-0.3, -0.25) is 9.59 Å². The van der Waals surface area contributed by atoms with E-state index in [-0.39, 0.29) is 12.5 Å². The molecule has 26 heavy (non-hydrogen) atoms. The van der Waals surface area contributed by atoms with Crippen molar-refractivity contribution >= 4 is 17.5 Å². The van der Waals surface area contributed by atoms with Gasteiger partial charge in [0.1, 0.15) is 11.4 Å². The van der Waals surface area contributed by atoms with Crippen molar-refractivity contribution in [1.82, 2.24) is 5.32 Å². The number of hydrogen-bond donors (Lipinski definition) is 3. The fraction of sp³-hybridized carbons (Fsp3) is 0.400. The number of furan rings is 1. The van der Waals surface area contributed by atoms with Gasteiger partial charge in [-0.15, -0.1) is 0 Å². The van der Waals surface area contributed by atoms with E-state index in [2.05, 4.69) is 10.6 Å². The van der Waals surface area contributed by atoms with Gasteiger partial charge >= 0.3 is 11.8 Å². The van der Waals surface area contributed by atoms with E-state index in [4.69, 9.17) is 4.42 Å². The molecule has 1 heterocycles. The zero-order chi connectivity index (χ0) is 18.9. The molecule has 1 aromatic heterocycles. The van der Waals surface area contributed by atoms with Gasteiger partial charge in [-0.2, -0.15) is 0 Å². The Morgan fingerprint density at radius 3 is 2.38 bits per heavy atom. The highest BCUT2D eigenvalue weighted by Gasteiger charge is 2.47. The zero-order valence-electron chi connectivity index (χ0n) is 15.3. The number of anilines is 1. The summed E-state index contributed by atoms with van der Waals surface area (Å²) in [5.41, 5.74) is 2.24. The molecule has 6 heteroatoms. The fourth-order valence-corrected chi connectivity index (χ4v) is 3.36. The third kappa shape index (κ3) is 3.65. The van der Waals surface area contributed by atoms with Crippen LogP contribution in [0.4, 0.5) is 5.69 Å². The second kappa shape index (κ2) is 6.96. The smallest absolute Gasteiger partial charge is 0.313 e. The van der Waals surface area contributed by atoms with E-state index in [1.54, 1.807) is 12.1 Å². The first kappa shape index (κ1) is 18.2. The lowest BCUT2D eigenvalue weighted by molar-refractivity contribution is -0.137. The molecule has 1 atom stereocenters. The van der Waals surface area contributed by atoms with Gasteiger partial charge in [-0.25, -0.2) is 0 Å². The number of benzene rings is 1. The maximum Gasteiger partial charge on any atom is 0.313 e. The van der Waals surface area contributed by atoms with Crippen LogP contribution in [0.2, 0.25) is 0 Å². The molecule has 3 rings (SSSR count). The molecule has 3 N–H and O–H groups in total. The molecule has 1 unspecified atom stereocenters. The Morgan fingerprint density at radius 2 is 1.85 bits per heavy atom. The Balaban J connectivity index is 1.66. The van der Waals surface area contributed by atoms with Crippen LogP contribution in [0.5, 0.6) is 0 Å². The summed E-state index contributed by atoms with van der Waals surface area (Å²) >= 11 is 0. The molecule has 2 amide bonds. The number of nitrogens with one attached hydrogen (secondary N) is 2. The maximum absolute atomic E-state index is 12.3. The molecule has 1 aromatic carbocycles. The van der Waals surface area contributed by atoms with Crippen molar-refractivity contribution in [2.75, 3.05) is 11.9 Å². The zero-order valence-corrected chi connectivity index (χ0v) is 15.3. The molecular formula is C20H24N2O4. The van der Waals surface area contributed by atoms with E-state index in [1.807, 2.05) is 32.9 Å². The van der Waals surface area contributed by atoms with Crippen LogP contribution in [0.1, 0.15) is 35.3 Å². The van der Waals surface area contributed by atoms with Gasteiger partial charge in [0.05, 0.1) is 12.8 Å². The summed E-state index contributed by atoms with van der Waals surface area (Å²) in [4.78, 5) is 24.5. The van der Waals surface area contributed by atoms with Crippen LogP contribution >= 0.6 is 0 Å². The van der Waals surface area contributed by atoms with Crippen LogP contribution in [0.15, 0.2) is 34.9 Å². The van der Waals surface area contributed by atoms with Gasteiger partial charge in [0.25, 0.3) is 0 Å². The van der Waals surface area contributed by atoms with E-state index in [9.17, 15) is 14.7 Å². The number of rotatable bonds is 5. The van der Waals surface area contributed by atoms with Crippen LogP contribution in [0.3, 0.4) is 0 Å². The molecule has 1 saturated carbocycles. The highest BCUT2D eigenvalue weighted by Crippen LogP contribution is 2.45. The molecular weight excluding hydrogens is 332 g/mol. The number of aryl methyl sites for hydroxylation is 3. The Bertz CT molecular complexity index is 801. The second-order valence-corrected chi connectivity index (χ2v) is 7.09. The van der Waals surface area contributed by atoms with Crippen molar-refractivity contribution in [2.24, 2.45) is 5.92 Å². The molecule has 0 aliphatic heterocycles. The molecule has 6 nitrogen and oxygen atoms in total. The first-order valence-corrected chi connectivity index (χ1v) is 8.74. The average molecular weight is 356 g/mol. The number of carbonyl (C=O) groups is 2. The van der Waals surface area contributed by atoms with Crippen LogP contribution in [0.25, 0.3) is 0 Å².